The highest BCUT2D eigenvalue weighted by Crippen LogP contribution is 2.43. The van der Waals surface area contributed by atoms with Crippen molar-refractivity contribution in [3.05, 3.63) is 59.9 Å². The molecule has 1 heterocycles. The minimum atomic E-state index is -0.174. The van der Waals surface area contributed by atoms with Gasteiger partial charge in [0.1, 0.15) is 5.82 Å². The molecule has 2 aromatic carbocycles. The van der Waals surface area contributed by atoms with Crippen molar-refractivity contribution in [1.29, 1.82) is 0 Å². The average molecular weight is 336 g/mol. The molecule has 116 valence electrons. The third kappa shape index (κ3) is 3.02. The molecule has 0 aliphatic rings. The summed E-state index contributed by atoms with van der Waals surface area (Å²) < 4.78 is 14.8. The quantitative estimate of drug-likeness (QED) is 0.589. The standard InChI is InChI=1S/C18H18FNS.ClH/c1-12(20(2)3)17-15-11-14(19)9-10-16(15)21-18(17)13-7-5-4-6-8-13;/h4-12H,1-3H3;1H. The minimum absolute atomic E-state index is 0. The summed E-state index contributed by atoms with van der Waals surface area (Å²) in [6.45, 7) is 2.17. The van der Waals surface area contributed by atoms with E-state index in [1.807, 2.05) is 24.3 Å². The van der Waals surface area contributed by atoms with Gasteiger partial charge < -0.3 is 4.90 Å². The van der Waals surface area contributed by atoms with Crippen molar-refractivity contribution in [1.82, 2.24) is 4.90 Å². The summed E-state index contributed by atoms with van der Waals surface area (Å²) >= 11 is 1.74. The predicted octanol–water partition coefficient (Wildman–Crippen LogP) is 5.75. The molecule has 3 rings (SSSR count). The average Bonchev–Trinajstić information content (AvgIpc) is 2.85. The van der Waals surface area contributed by atoms with Crippen LogP contribution in [0.4, 0.5) is 4.39 Å². The van der Waals surface area contributed by atoms with Crippen LogP contribution < -0.4 is 0 Å². The van der Waals surface area contributed by atoms with Crippen LogP contribution in [0.1, 0.15) is 18.5 Å². The van der Waals surface area contributed by atoms with Crippen LogP contribution in [0, 0.1) is 5.82 Å². The van der Waals surface area contributed by atoms with Gasteiger partial charge in [0.05, 0.1) is 0 Å². The predicted molar refractivity (Wildman–Crippen MR) is 96.6 cm³/mol. The highest BCUT2D eigenvalue weighted by Gasteiger charge is 2.20. The Balaban J connectivity index is 0.00000176. The monoisotopic (exact) mass is 335 g/mol. The summed E-state index contributed by atoms with van der Waals surface area (Å²) in [5.74, 6) is -0.174. The van der Waals surface area contributed by atoms with Crippen LogP contribution in [0.2, 0.25) is 0 Å². The van der Waals surface area contributed by atoms with Gasteiger partial charge in [0, 0.05) is 21.0 Å². The van der Waals surface area contributed by atoms with E-state index in [0.29, 0.717) is 0 Å². The first kappa shape index (κ1) is 16.9. The van der Waals surface area contributed by atoms with Gasteiger partial charge in [-0.25, -0.2) is 4.39 Å². The van der Waals surface area contributed by atoms with Gasteiger partial charge in [-0.2, -0.15) is 0 Å². The Morgan fingerprint density at radius 2 is 1.73 bits per heavy atom. The second kappa shape index (κ2) is 6.78. The van der Waals surface area contributed by atoms with Crippen molar-refractivity contribution in [3.8, 4) is 10.4 Å². The van der Waals surface area contributed by atoms with Crippen molar-refractivity contribution in [2.24, 2.45) is 0 Å². The number of thiophene rings is 1. The number of nitrogens with zero attached hydrogens (tertiary/aromatic N) is 1. The highest BCUT2D eigenvalue weighted by molar-refractivity contribution is 7.22. The molecule has 0 spiro atoms. The molecule has 0 aliphatic carbocycles. The van der Waals surface area contributed by atoms with Crippen LogP contribution in [-0.2, 0) is 0 Å². The third-order valence-electron chi connectivity index (χ3n) is 3.92. The molecule has 22 heavy (non-hydrogen) atoms. The van der Waals surface area contributed by atoms with Crippen LogP contribution >= 0.6 is 23.7 Å². The second-order valence-electron chi connectivity index (χ2n) is 5.49. The largest absolute Gasteiger partial charge is 0.303 e. The first-order chi connectivity index (χ1) is 10.1. The molecular formula is C18H19ClFNS. The van der Waals surface area contributed by atoms with E-state index >= 15 is 0 Å². The lowest BCUT2D eigenvalue weighted by Crippen LogP contribution is -2.17. The van der Waals surface area contributed by atoms with E-state index in [4.69, 9.17) is 0 Å². The van der Waals surface area contributed by atoms with E-state index < -0.39 is 0 Å². The van der Waals surface area contributed by atoms with Crippen LogP contribution in [0.3, 0.4) is 0 Å². The Kier molecular flexibility index (Phi) is 5.22. The van der Waals surface area contributed by atoms with Crippen LogP contribution in [0.15, 0.2) is 48.5 Å². The summed E-state index contributed by atoms with van der Waals surface area (Å²) in [6.07, 6.45) is 0. The van der Waals surface area contributed by atoms with Gasteiger partial charge in [0.25, 0.3) is 0 Å². The van der Waals surface area contributed by atoms with Crippen LogP contribution in [-0.4, -0.2) is 19.0 Å². The van der Waals surface area contributed by atoms with E-state index in [1.54, 1.807) is 17.4 Å². The third-order valence-corrected chi connectivity index (χ3v) is 5.15. The Morgan fingerprint density at radius 3 is 2.36 bits per heavy atom. The number of halogens is 2. The van der Waals surface area contributed by atoms with Gasteiger partial charge in [0.15, 0.2) is 0 Å². The van der Waals surface area contributed by atoms with E-state index in [9.17, 15) is 4.39 Å². The van der Waals surface area contributed by atoms with Gasteiger partial charge in [-0.05, 0) is 50.3 Å². The maximum atomic E-state index is 13.7. The Bertz CT molecular complexity index is 767. The molecule has 3 aromatic rings. The molecule has 0 fully saturated rings. The topological polar surface area (TPSA) is 3.24 Å². The number of rotatable bonds is 3. The van der Waals surface area contributed by atoms with Crippen molar-refractivity contribution < 1.29 is 4.39 Å². The zero-order valence-electron chi connectivity index (χ0n) is 12.8. The number of hydrogen-bond donors (Lipinski definition) is 0. The lowest BCUT2D eigenvalue weighted by molar-refractivity contribution is 0.324. The Hall–Kier alpha value is -1.42. The summed E-state index contributed by atoms with van der Waals surface area (Å²) in [5.41, 5.74) is 2.41. The Labute approximate surface area is 140 Å². The smallest absolute Gasteiger partial charge is 0.123 e. The van der Waals surface area contributed by atoms with Gasteiger partial charge in [-0.15, -0.1) is 23.7 Å². The second-order valence-corrected chi connectivity index (χ2v) is 6.54. The van der Waals surface area contributed by atoms with Crippen molar-refractivity contribution in [2.75, 3.05) is 14.1 Å². The molecule has 0 aliphatic heterocycles. The fourth-order valence-corrected chi connectivity index (χ4v) is 3.85. The van der Waals surface area contributed by atoms with Crippen molar-refractivity contribution >= 4 is 33.8 Å². The molecule has 0 radical (unpaired) electrons. The summed E-state index contributed by atoms with van der Waals surface area (Å²) in [4.78, 5) is 3.40. The Morgan fingerprint density at radius 1 is 1.05 bits per heavy atom. The lowest BCUT2D eigenvalue weighted by atomic mass is 10.00. The molecule has 1 aromatic heterocycles. The maximum absolute atomic E-state index is 13.7. The lowest BCUT2D eigenvalue weighted by Gasteiger charge is -2.21. The first-order valence-electron chi connectivity index (χ1n) is 7.01. The van der Waals surface area contributed by atoms with E-state index in [0.717, 1.165) is 10.1 Å². The van der Waals surface area contributed by atoms with Crippen LogP contribution in [0.25, 0.3) is 20.5 Å². The molecule has 0 bridgehead atoms. The van der Waals surface area contributed by atoms with Gasteiger partial charge in [-0.1, -0.05) is 30.3 Å². The van der Waals surface area contributed by atoms with Gasteiger partial charge in [-0.3, -0.25) is 0 Å². The number of fused-ring (bicyclic) bond motifs is 1. The summed E-state index contributed by atoms with van der Waals surface area (Å²) in [5, 5.41) is 1.03. The fraction of sp³-hybridized carbons (Fsp3) is 0.222. The minimum Gasteiger partial charge on any atom is -0.303 e. The first-order valence-corrected chi connectivity index (χ1v) is 7.83. The maximum Gasteiger partial charge on any atom is 0.123 e. The molecule has 0 amide bonds. The molecule has 1 atom stereocenters. The number of benzene rings is 2. The highest BCUT2D eigenvalue weighted by atomic mass is 35.5. The molecule has 0 saturated carbocycles. The molecular weight excluding hydrogens is 317 g/mol. The van der Waals surface area contributed by atoms with Crippen molar-refractivity contribution in [3.63, 3.8) is 0 Å². The summed E-state index contributed by atoms with van der Waals surface area (Å²) in [7, 11) is 4.12. The van der Waals surface area contributed by atoms with E-state index in [1.165, 1.54) is 22.1 Å². The fourth-order valence-electron chi connectivity index (χ4n) is 2.57. The molecule has 0 saturated heterocycles. The normalized spacial score (nSPS) is 12.4. The van der Waals surface area contributed by atoms with Crippen molar-refractivity contribution in [2.45, 2.75) is 13.0 Å². The van der Waals surface area contributed by atoms with Gasteiger partial charge in [0.2, 0.25) is 0 Å². The summed E-state index contributed by atoms with van der Waals surface area (Å²) in [6, 6.07) is 15.7. The van der Waals surface area contributed by atoms with E-state index in [-0.39, 0.29) is 24.3 Å². The zero-order chi connectivity index (χ0) is 15.0. The molecule has 1 nitrogen and oxygen atoms in total. The van der Waals surface area contributed by atoms with Gasteiger partial charge >= 0.3 is 0 Å². The zero-order valence-corrected chi connectivity index (χ0v) is 14.5. The van der Waals surface area contributed by atoms with E-state index in [2.05, 4.69) is 38.1 Å². The molecule has 0 N–H and O–H groups in total. The molecule has 1 unspecified atom stereocenters. The van der Waals surface area contributed by atoms with Crippen LogP contribution in [0.5, 0.6) is 0 Å². The molecule has 4 heteroatoms. The number of hydrogen-bond acceptors (Lipinski definition) is 2. The SMILES string of the molecule is CC(c1c(-c2ccccc2)sc2ccc(F)cc12)N(C)C.Cl.